The second kappa shape index (κ2) is 9.53. The third-order valence-electron chi connectivity index (χ3n) is 5.76. The van der Waals surface area contributed by atoms with Crippen LogP contribution in [0.4, 0.5) is 13.2 Å². The Morgan fingerprint density at radius 2 is 1.84 bits per heavy atom. The molecule has 0 radical (unpaired) electrons. The summed E-state index contributed by atoms with van der Waals surface area (Å²) >= 11 is 7.08. The molecule has 0 aliphatic rings. The van der Waals surface area contributed by atoms with Crippen LogP contribution in [0.2, 0.25) is 5.15 Å². The van der Waals surface area contributed by atoms with Crippen LogP contribution in [0.25, 0.3) is 27.2 Å². The number of benzene rings is 2. The SMILES string of the molecule is C[C@@H](Oc1cc(-n2cnc3cc(-c4ccnc(Cl)c4)ccc32)sc1C(N)=O)c1ccccc1C(F)(F)F. The number of carbonyl (C=O) groups excluding carboxylic acids is 1. The van der Waals surface area contributed by atoms with E-state index in [2.05, 4.69) is 9.97 Å². The normalized spacial score (nSPS) is 12.6. The highest BCUT2D eigenvalue weighted by Gasteiger charge is 2.35. The van der Waals surface area contributed by atoms with Gasteiger partial charge in [0.05, 0.1) is 16.6 Å². The molecular formula is C26H18ClF3N4O2S. The number of nitrogens with zero attached hydrogens (tertiary/aromatic N) is 3. The molecule has 5 aromatic rings. The van der Waals surface area contributed by atoms with Crippen molar-refractivity contribution in [3.8, 4) is 21.9 Å². The molecule has 0 saturated heterocycles. The lowest BCUT2D eigenvalue weighted by molar-refractivity contribution is -0.138. The number of ether oxygens (including phenoxy) is 1. The number of hydrogen-bond acceptors (Lipinski definition) is 5. The van der Waals surface area contributed by atoms with Crippen molar-refractivity contribution in [2.75, 3.05) is 0 Å². The van der Waals surface area contributed by atoms with Crippen molar-refractivity contribution in [1.29, 1.82) is 0 Å². The number of rotatable bonds is 6. The van der Waals surface area contributed by atoms with Crippen LogP contribution in [0.5, 0.6) is 5.75 Å². The first kappa shape index (κ1) is 24.8. The van der Waals surface area contributed by atoms with Gasteiger partial charge < -0.3 is 10.5 Å². The molecule has 0 aliphatic carbocycles. The number of imidazole rings is 1. The molecule has 3 heterocycles. The van der Waals surface area contributed by atoms with Gasteiger partial charge in [0.15, 0.2) is 0 Å². The highest BCUT2D eigenvalue weighted by atomic mass is 35.5. The lowest BCUT2D eigenvalue weighted by atomic mass is 10.0. The summed E-state index contributed by atoms with van der Waals surface area (Å²) in [7, 11) is 0. The van der Waals surface area contributed by atoms with E-state index in [1.54, 1.807) is 29.2 Å². The lowest BCUT2D eigenvalue weighted by Crippen LogP contribution is -2.15. The van der Waals surface area contributed by atoms with Gasteiger partial charge in [-0.3, -0.25) is 9.36 Å². The molecule has 0 spiro atoms. The summed E-state index contributed by atoms with van der Waals surface area (Å²) in [6.07, 6.45) is -2.33. The molecule has 1 atom stereocenters. The number of carbonyl (C=O) groups is 1. The molecule has 6 nitrogen and oxygen atoms in total. The Bertz CT molecular complexity index is 1630. The second-order valence-corrected chi connectivity index (χ2v) is 9.59. The van der Waals surface area contributed by atoms with E-state index in [0.717, 1.165) is 34.0 Å². The average molecular weight is 543 g/mol. The van der Waals surface area contributed by atoms with E-state index in [1.165, 1.54) is 25.1 Å². The highest BCUT2D eigenvalue weighted by Crippen LogP contribution is 2.39. The van der Waals surface area contributed by atoms with Crippen LogP contribution in [0.1, 0.15) is 33.8 Å². The zero-order chi connectivity index (χ0) is 26.3. The van der Waals surface area contributed by atoms with Gasteiger partial charge in [-0.15, -0.1) is 11.3 Å². The van der Waals surface area contributed by atoms with Crippen molar-refractivity contribution in [3.05, 3.63) is 94.3 Å². The predicted octanol–water partition coefficient (Wildman–Crippen LogP) is 7.06. The van der Waals surface area contributed by atoms with Gasteiger partial charge in [0.2, 0.25) is 0 Å². The molecule has 3 aromatic heterocycles. The molecule has 0 bridgehead atoms. The number of fused-ring (bicyclic) bond motifs is 1. The summed E-state index contributed by atoms with van der Waals surface area (Å²) in [6, 6.07) is 16.0. The first-order valence-electron chi connectivity index (χ1n) is 11.0. The molecule has 0 fully saturated rings. The summed E-state index contributed by atoms with van der Waals surface area (Å²) in [6.45, 7) is 1.49. The number of nitrogens with two attached hydrogens (primary N) is 1. The third kappa shape index (κ3) is 4.90. The number of amides is 1. The van der Waals surface area contributed by atoms with Crippen molar-refractivity contribution < 1.29 is 22.7 Å². The monoisotopic (exact) mass is 542 g/mol. The number of pyridine rings is 1. The van der Waals surface area contributed by atoms with E-state index in [-0.39, 0.29) is 16.2 Å². The van der Waals surface area contributed by atoms with Gasteiger partial charge in [-0.05, 0) is 48.4 Å². The Kier molecular flexibility index (Phi) is 6.38. The first-order chi connectivity index (χ1) is 17.6. The van der Waals surface area contributed by atoms with Gasteiger partial charge in [0.1, 0.15) is 33.2 Å². The Labute approximate surface area is 218 Å². The Morgan fingerprint density at radius 1 is 1.08 bits per heavy atom. The minimum absolute atomic E-state index is 0.0463. The quantitative estimate of drug-likeness (QED) is 0.233. The van der Waals surface area contributed by atoms with Crippen molar-refractivity contribution in [2.24, 2.45) is 5.73 Å². The summed E-state index contributed by atoms with van der Waals surface area (Å²) in [4.78, 5) is 20.7. The van der Waals surface area contributed by atoms with Gasteiger partial charge in [-0.2, -0.15) is 13.2 Å². The maximum absolute atomic E-state index is 13.5. The maximum Gasteiger partial charge on any atom is 0.416 e. The zero-order valence-corrected chi connectivity index (χ0v) is 20.7. The van der Waals surface area contributed by atoms with Crippen molar-refractivity contribution >= 4 is 39.9 Å². The standard InChI is InChI=1S/C26H18ClF3N4O2S/c1-14(17-4-2-3-5-18(17)26(28,29)30)36-21-12-23(37-24(21)25(31)35)34-13-33-19-10-15(6-7-20(19)34)16-8-9-32-22(27)11-16/h2-14H,1H3,(H2,31,35)/t14-/m1/s1. The lowest BCUT2D eigenvalue weighted by Gasteiger charge is -2.19. The fourth-order valence-corrected chi connectivity index (χ4v) is 5.15. The Balaban J connectivity index is 1.50. The molecule has 11 heteroatoms. The minimum atomic E-state index is -4.54. The molecule has 0 aliphatic heterocycles. The van der Waals surface area contributed by atoms with Gasteiger partial charge in [0.25, 0.3) is 5.91 Å². The van der Waals surface area contributed by atoms with Gasteiger partial charge in [0, 0.05) is 17.8 Å². The number of aromatic nitrogens is 3. The van der Waals surface area contributed by atoms with Crippen LogP contribution < -0.4 is 10.5 Å². The average Bonchev–Trinajstić information content (AvgIpc) is 3.47. The maximum atomic E-state index is 13.5. The number of thiophene rings is 1. The van der Waals surface area contributed by atoms with Crippen LogP contribution in [-0.2, 0) is 6.18 Å². The second-order valence-electron chi connectivity index (χ2n) is 8.17. The largest absolute Gasteiger partial charge is 0.484 e. The van der Waals surface area contributed by atoms with Crippen LogP contribution in [-0.4, -0.2) is 20.4 Å². The molecule has 188 valence electrons. The summed E-state index contributed by atoms with van der Waals surface area (Å²) in [5.74, 6) is -0.647. The first-order valence-corrected chi connectivity index (χ1v) is 12.2. The topological polar surface area (TPSA) is 83.0 Å². The van der Waals surface area contributed by atoms with E-state index < -0.39 is 23.8 Å². The van der Waals surface area contributed by atoms with Crippen LogP contribution in [0.3, 0.4) is 0 Å². The van der Waals surface area contributed by atoms with E-state index >= 15 is 0 Å². The van der Waals surface area contributed by atoms with Crippen molar-refractivity contribution in [2.45, 2.75) is 19.2 Å². The van der Waals surface area contributed by atoms with Crippen molar-refractivity contribution in [1.82, 2.24) is 14.5 Å². The van der Waals surface area contributed by atoms with E-state index in [4.69, 9.17) is 22.1 Å². The van der Waals surface area contributed by atoms with Gasteiger partial charge >= 0.3 is 6.18 Å². The van der Waals surface area contributed by atoms with E-state index in [9.17, 15) is 18.0 Å². The number of hydrogen-bond donors (Lipinski definition) is 1. The molecule has 0 unspecified atom stereocenters. The molecule has 2 N–H and O–H groups in total. The number of primary amides is 1. The zero-order valence-electron chi connectivity index (χ0n) is 19.2. The third-order valence-corrected chi connectivity index (χ3v) is 7.10. The molecule has 2 aromatic carbocycles. The smallest absolute Gasteiger partial charge is 0.416 e. The Morgan fingerprint density at radius 3 is 2.57 bits per heavy atom. The summed E-state index contributed by atoms with van der Waals surface area (Å²) in [5, 5.41) is 0.947. The van der Waals surface area contributed by atoms with E-state index in [0.29, 0.717) is 15.7 Å². The minimum Gasteiger partial charge on any atom is -0.484 e. The summed E-state index contributed by atoms with van der Waals surface area (Å²) < 4.78 is 48.1. The number of halogens is 4. The molecular weight excluding hydrogens is 525 g/mol. The van der Waals surface area contributed by atoms with Crippen molar-refractivity contribution in [3.63, 3.8) is 0 Å². The van der Waals surface area contributed by atoms with Crippen LogP contribution in [0.15, 0.2) is 73.2 Å². The Hall–Kier alpha value is -3.89. The fraction of sp³-hybridized carbons (Fsp3) is 0.115. The highest BCUT2D eigenvalue weighted by molar-refractivity contribution is 7.16. The molecule has 5 rings (SSSR count). The summed E-state index contributed by atoms with van der Waals surface area (Å²) in [5.41, 5.74) is 7.95. The van der Waals surface area contributed by atoms with Gasteiger partial charge in [-0.1, -0.05) is 35.9 Å². The van der Waals surface area contributed by atoms with E-state index in [1.807, 2.05) is 24.3 Å². The van der Waals surface area contributed by atoms with Gasteiger partial charge in [-0.25, -0.2) is 9.97 Å². The molecule has 1 amide bonds. The molecule has 0 saturated carbocycles. The molecule has 37 heavy (non-hydrogen) atoms. The number of alkyl halides is 3. The van der Waals surface area contributed by atoms with Crippen LogP contribution in [0, 0.1) is 0 Å². The van der Waals surface area contributed by atoms with Crippen LogP contribution >= 0.6 is 22.9 Å². The fourth-order valence-electron chi connectivity index (χ4n) is 4.05. The predicted molar refractivity (Wildman–Crippen MR) is 136 cm³/mol.